The van der Waals surface area contributed by atoms with Gasteiger partial charge in [0.1, 0.15) is 0 Å². The maximum atomic E-state index is 12.7. The molecular formula is C12H22F3N3O. The van der Waals surface area contributed by atoms with Crippen LogP contribution in [-0.4, -0.2) is 49.6 Å². The Labute approximate surface area is 111 Å². The number of nitrogens with two attached hydrogens (primary N) is 1. The molecular weight excluding hydrogens is 259 g/mol. The highest BCUT2D eigenvalue weighted by Gasteiger charge is 2.45. The molecule has 0 spiro atoms. The molecule has 0 bridgehead atoms. The van der Waals surface area contributed by atoms with Gasteiger partial charge in [-0.15, -0.1) is 0 Å². The molecule has 2 rings (SSSR count). The quantitative estimate of drug-likeness (QED) is 0.818. The van der Waals surface area contributed by atoms with Crippen molar-refractivity contribution in [3.63, 3.8) is 0 Å². The van der Waals surface area contributed by atoms with Crippen molar-refractivity contribution in [1.29, 1.82) is 0 Å². The number of alkyl halides is 3. The van der Waals surface area contributed by atoms with E-state index in [4.69, 9.17) is 10.5 Å². The predicted octanol–water partition coefficient (Wildman–Crippen LogP) is 1.27. The number of ether oxygens (including phenoxy) is 1. The van der Waals surface area contributed by atoms with Gasteiger partial charge >= 0.3 is 6.18 Å². The standard InChI is InChI=1S/C12H22F3N3O/c13-12(14,15)10-1-3-11(9-16,4-2-10)17-18-5-7-19-8-6-18/h10,17H,1-9,16H2. The van der Waals surface area contributed by atoms with Crippen LogP contribution in [0.2, 0.25) is 0 Å². The van der Waals surface area contributed by atoms with Crippen molar-refractivity contribution >= 4 is 0 Å². The second-order valence-corrected chi connectivity index (χ2v) is 5.51. The summed E-state index contributed by atoms with van der Waals surface area (Å²) in [5.74, 6) is -1.17. The third-order valence-corrected chi connectivity index (χ3v) is 4.20. The van der Waals surface area contributed by atoms with E-state index in [9.17, 15) is 13.2 Å². The molecule has 4 nitrogen and oxygen atoms in total. The van der Waals surface area contributed by atoms with Crippen molar-refractivity contribution < 1.29 is 17.9 Å². The molecule has 1 heterocycles. The molecule has 112 valence electrons. The van der Waals surface area contributed by atoms with E-state index in [-0.39, 0.29) is 18.4 Å². The maximum Gasteiger partial charge on any atom is 0.391 e. The maximum absolute atomic E-state index is 12.7. The number of hydrogen-bond donors (Lipinski definition) is 2. The van der Waals surface area contributed by atoms with Crippen molar-refractivity contribution in [1.82, 2.24) is 10.4 Å². The fraction of sp³-hybridized carbons (Fsp3) is 1.00. The van der Waals surface area contributed by atoms with Gasteiger partial charge in [-0.3, -0.25) is 0 Å². The van der Waals surface area contributed by atoms with Crippen LogP contribution in [0.3, 0.4) is 0 Å². The van der Waals surface area contributed by atoms with Crippen LogP contribution in [0.5, 0.6) is 0 Å². The van der Waals surface area contributed by atoms with Crippen molar-refractivity contribution in [3.05, 3.63) is 0 Å². The minimum atomic E-state index is -4.07. The van der Waals surface area contributed by atoms with Gasteiger partial charge in [-0.25, -0.2) is 10.4 Å². The van der Waals surface area contributed by atoms with Crippen LogP contribution in [0.1, 0.15) is 25.7 Å². The summed E-state index contributed by atoms with van der Waals surface area (Å²) >= 11 is 0. The van der Waals surface area contributed by atoms with E-state index in [1.165, 1.54) is 0 Å². The van der Waals surface area contributed by atoms with Crippen LogP contribution in [0, 0.1) is 5.92 Å². The molecule has 7 heteroatoms. The van der Waals surface area contributed by atoms with E-state index < -0.39 is 12.1 Å². The lowest BCUT2D eigenvalue weighted by atomic mass is 9.76. The van der Waals surface area contributed by atoms with Crippen LogP contribution in [0.15, 0.2) is 0 Å². The van der Waals surface area contributed by atoms with Gasteiger partial charge in [-0.05, 0) is 25.7 Å². The Morgan fingerprint density at radius 2 is 1.79 bits per heavy atom. The summed E-state index contributed by atoms with van der Waals surface area (Å²) in [6.07, 6.45) is -2.79. The number of rotatable bonds is 3. The zero-order chi connectivity index (χ0) is 13.9. The monoisotopic (exact) mass is 281 g/mol. The van der Waals surface area contributed by atoms with Gasteiger partial charge in [0.15, 0.2) is 0 Å². The average molecular weight is 281 g/mol. The van der Waals surface area contributed by atoms with Gasteiger partial charge in [0.2, 0.25) is 0 Å². The lowest BCUT2D eigenvalue weighted by molar-refractivity contribution is -0.186. The van der Waals surface area contributed by atoms with Gasteiger partial charge in [0, 0.05) is 25.2 Å². The third kappa shape index (κ3) is 3.81. The minimum Gasteiger partial charge on any atom is -0.379 e. The SMILES string of the molecule is NCC1(NN2CCOCC2)CCC(C(F)(F)F)CC1. The van der Waals surface area contributed by atoms with E-state index in [0.717, 1.165) is 13.1 Å². The molecule has 1 saturated heterocycles. The van der Waals surface area contributed by atoms with Crippen molar-refractivity contribution in [2.75, 3.05) is 32.8 Å². The first kappa shape index (κ1) is 15.0. The molecule has 2 aliphatic rings. The normalized spacial score (nSPS) is 34.4. The molecule has 0 unspecified atom stereocenters. The molecule has 2 fully saturated rings. The fourth-order valence-corrected chi connectivity index (χ4v) is 2.87. The summed E-state index contributed by atoms with van der Waals surface area (Å²) in [5.41, 5.74) is 8.79. The zero-order valence-corrected chi connectivity index (χ0v) is 11.0. The highest BCUT2D eigenvalue weighted by atomic mass is 19.4. The zero-order valence-electron chi connectivity index (χ0n) is 11.0. The molecule has 0 aromatic carbocycles. The second-order valence-electron chi connectivity index (χ2n) is 5.51. The highest BCUT2D eigenvalue weighted by Crippen LogP contribution is 2.40. The Morgan fingerprint density at radius 3 is 2.26 bits per heavy atom. The lowest BCUT2D eigenvalue weighted by Crippen LogP contribution is -2.62. The summed E-state index contributed by atoms with van der Waals surface area (Å²) < 4.78 is 43.3. The van der Waals surface area contributed by atoms with Gasteiger partial charge in [0.25, 0.3) is 0 Å². The molecule has 1 aliphatic carbocycles. The number of morpholine rings is 1. The number of nitrogens with zero attached hydrogens (tertiary/aromatic N) is 1. The Hall–Kier alpha value is -0.370. The predicted molar refractivity (Wildman–Crippen MR) is 65.3 cm³/mol. The molecule has 0 aromatic heterocycles. The van der Waals surface area contributed by atoms with Crippen molar-refractivity contribution in [3.8, 4) is 0 Å². The van der Waals surface area contributed by atoms with Crippen LogP contribution in [0.25, 0.3) is 0 Å². The van der Waals surface area contributed by atoms with Gasteiger partial charge in [0.05, 0.1) is 19.1 Å². The smallest absolute Gasteiger partial charge is 0.379 e. The molecule has 1 aliphatic heterocycles. The summed E-state index contributed by atoms with van der Waals surface area (Å²) in [4.78, 5) is 0. The van der Waals surface area contributed by atoms with E-state index in [1.54, 1.807) is 0 Å². The Bertz CT molecular complexity index is 284. The summed E-state index contributed by atoms with van der Waals surface area (Å²) in [6, 6.07) is 0. The highest BCUT2D eigenvalue weighted by molar-refractivity contribution is 4.94. The molecule has 0 aromatic rings. The second kappa shape index (κ2) is 5.95. The average Bonchev–Trinajstić information content (AvgIpc) is 2.39. The molecule has 0 radical (unpaired) electrons. The van der Waals surface area contributed by atoms with Crippen molar-refractivity contribution in [2.45, 2.75) is 37.4 Å². The van der Waals surface area contributed by atoms with Crippen LogP contribution >= 0.6 is 0 Å². The first-order valence-electron chi connectivity index (χ1n) is 6.82. The first-order valence-corrected chi connectivity index (χ1v) is 6.82. The number of halogens is 3. The number of hydrazine groups is 1. The van der Waals surface area contributed by atoms with E-state index in [1.807, 2.05) is 5.01 Å². The fourth-order valence-electron chi connectivity index (χ4n) is 2.87. The number of nitrogens with one attached hydrogen (secondary N) is 1. The molecule has 3 N–H and O–H groups in total. The summed E-state index contributed by atoms with van der Waals surface area (Å²) in [6.45, 7) is 3.18. The first-order chi connectivity index (χ1) is 8.95. The van der Waals surface area contributed by atoms with E-state index >= 15 is 0 Å². The molecule has 0 atom stereocenters. The minimum absolute atomic E-state index is 0.165. The summed E-state index contributed by atoms with van der Waals surface area (Å²) in [7, 11) is 0. The van der Waals surface area contributed by atoms with Crippen molar-refractivity contribution in [2.24, 2.45) is 11.7 Å². The topological polar surface area (TPSA) is 50.5 Å². The van der Waals surface area contributed by atoms with Gasteiger partial charge in [-0.2, -0.15) is 13.2 Å². The van der Waals surface area contributed by atoms with Gasteiger partial charge in [-0.1, -0.05) is 0 Å². The number of hydrogen-bond acceptors (Lipinski definition) is 4. The Kier molecular flexibility index (Phi) is 4.70. The molecule has 19 heavy (non-hydrogen) atoms. The van der Waals surface area contributed by atoms with E-state index in [2.05, 4.69) is 5.43 Å². The van der Waals surface area contributed by atoms with Crippen LogP contribution in [-0.2, 0) is 4.74 Å². The lowest BCUT2D eigenvalue weighted by Gasteiger charge is -2.44. The third-order valence-electron chi connectivity index (χ3n) is 4.20. The van der Waals surface area contributed by atoms with Gasteiger partial charge < -0.3 is 10.5 Å². The molecule has 0 amide bonds. The van der Waals surface area contributed by atoms with Crippen LogP contribution in [0.4, 0.5) is 13.2 Å². The Morgan fingerprint density at radius 1 is 1.21 bits per heavy atom. The molecule has 1 saturated carbocycles. The Balaban J connectivity index is 1.90. The van der Waals surface area contributed by atoms with Crippen LogP contribution < -0.4 is 11.2 Å². The largest absolute Gasteiger partial charge is 0.391 e. The summed E-state index contributed by atoms with van der Waals surface area (Å²) in [5, 5.41) is 2.03. The van der Waals surface area contributed by atoms with E-state index in [0.29, 0.717) is 32.6 Å².